The molecule has 7 aromatic rings. The summed E-state index contributed by atoms with van der Waals surface area (Å²) >= 11 is 0. The zero-order chi connectivity index (χ0) is 42.0. The highest BCUT2D eigenvalue weighted by atomic mass is 16.6. The zero-order valence-corrected chi connectivity index (χ0v) is 32.8. The Morgan fingerprint density at radius 3 is 1.54 bits per heavy atom. The highest BCUT2D eigenvalue weighted by Gasteiger charge is 2.20. The molecule has 61 heavy (non-hydrogen) atoms. The number of benzene rings is 4. The van der Waals surface area contributed by atoms with Crippen molar-refractivity contribution in [1.82, 2.24) is 19.9 Å². The first kappa shape index (κ1) is 37.8. The second kappa shape index (κ2) is 15.9. The third kappa shape index (κ3) is 7.54. The number of nitro groups is 2. The van der Waals surface area contributed by atoms with Gasteiger partial charge in [0.05, 0.1) is 60.8 Å². The average molecular weight is 796 g/mol. The highest BCUT2D eigenvalue weighted by Crippen LogP contribution is 2.34. The number of non-ortho nitro benzene ring substituents is 1. The first-order valence-electron chi connectivity index (χ1n) is 19.2. The number of hydrogen-bond acceptors (Lipinski definition) is 7. The molecule has 11 heteroatoms. The van der Waals surface area contributed by atoms with Gasteiger partial charge in [-0.25, -0.2) is 9.97 Å². The largest absolute Gasteiger partial charge is 0.378 e. The summed E-state index contributed by atoms with van der Waals surface area (Å²) in [5, 5.41) is 23.5. The van der Waals surface area contributed by atoms with E-state index >= 15 is 0 Å². The lowest BCUT2D eigenvalue weighted by atomic mass is 10.0. The fraction of sp³-hybridized carbons (Fsp3) is 0.0400. The zero-order valence-electron chi connectivity index (χ0n) is 32.8. The molecule has 0 amide bonds. The fourth-order valence-electron chi connectivity index (χ4n) is 7.28. The van der Waals surface area contributed by atoms with E-state index < -0.39 is 21.2 Å². The van der Waals surface area contributed by atoms with Crippen molar-refractivity contribution in [2.45, 2.75) is 0 Å². The molecule has 2 aliphatic rings. The van der Waals surface area contributed by atoms with Crippen molar-refractivity contribution in [3.63, 3.8) is 0 Å². The molecule has 8 bridgehead atoms. The lowest BCUT2D eigenvalue weighted by Gasteiger charge is -2.11. The first-order chi connectivity index (χ1) is 29.7. The predicted molar refractivity (Wildman–Crippen MR) is 242 cm³/mol. The molecular formula is C50H33N7O4. The number of H-pyrrole nitrogens is 2. The lowest BCUT2D eigenvalue weighted by molar-refractivity contribution is -0.394. The number of rotatable bonds is 5. The topological polar surface area (TPSA) is 147 Å². The van der Waals surface area contributed by atoms with E-state index in [0.717, 1.165) is 67.2 Å². The van der Waals surface area contributed by atoms with Crippen LogP contribution in [0.3, 0.4) is 0 Å². The van der Waals surface area contributed by atoms with E-state index in [4.69, 9.17) is 9.97 Å². The average Bonchev–Trinajstić information content (AvgIpc) is 4.12. The molecule has 4 aromatic carbocycles. The molecule has 0 unspecified atom stereocenters. The number of nitro benzene ring substituents is 2. The Kier molecular flexibility index (Phi) is 9.82. The van der Waals surface area contributed by atoms with E-state index in [-0.39, 0.29) is 5.56 Å². The van der Waals surface area contributed by atoms with Crippen LogP contribution >= 0.6 is 0 Å². The summed E-state index contributed by atoms with van der Waals surface area (Å²) < 4.78 is 0. The third-order valence-electron chi connectivity index (χ3n) is 10.3. The van der Waals surface area contributed by atoms with Crippen LogP contribution in [0.15, 0.2) is 127 Å². The maximum Gasteiger partial charge on any atom is 0.291 e. The summed E-state index contributed by atoms with van der Waals surface area (Å²) in [6.45, 7) is 0. The molecule has 2 N–H and O–H groups in total. The van der Waals surface area contributed by atoms with Gasteiger partial charge in [-0.3, -0.25) is 20.2 Å². The Hall–Kier alpha value is -8.80. The van der Waals surface area contributed by atoms with Gasteiger partial charge < -0.3 is 14.9 Å². The maximum absolute atomic E-state index is 12.1. The van der Waals surface area contributed by atoms with Gasteiger partial charge >= 0.3 is 0 Å². The van der Waals surface area contributed by atoms with Crippen LogP contribution in [0.25, 0.3) is 68.6 Å². The highest BCUT2D eigenvalue weighted by molar-refractivity contribution is 5.95. The van der Waals surface area contributed by atoms with Crippen LogP contribution in [0.1, 0.15) is 45.0 Å². The minimum atomic E-state index is -0.675. The van der Waals surface area contributed by atoms with E-state index in [2.05, 4.69) is 33.6 Å². The number of fused-ring (bicyclic) bond motifs is 8. The van der Waals surface area contributed by atoms with Gasteiger partial charge in [-0.15, -0.1) is 0 Å². The molecule has 0 atom stereocenters. The summed E-state index contributed by atoms with van der Waals surface area (Å²) in [5.74, 6) is 13.0. The Labute approximate surface area is 349 Å². The van der Waals surface area contributed by atoms with Crippen molar-refractivity contribution < 1.29 is 9.85 Å². The number of aromatic nitrogens is 4. The minimum absolute atomic E-state index is 0.0143. The van der Waals surface area contributed by atoms with Crippen LogP contribution in [0.4, 0.5) is 17.1 Å². The van der Waals surface area contributed by atoms with Crippen LogP contribution in [0.5, 0.6) is 0 Å². The molecule has 0 aliphatic carbocycles. The van der Waals surface area contributed by atoms with Crippen LogP contribution < -0.4 is 4.90 Å². The van der Waals surface area contributed by atoms with Crippen molar-refractivity contribution in [2.24, 2.45) is 0 Å². The van der Waals surface area contributed by atoms with Gasteiger partial charge in [0, 0.05) is 53.6 Å². The molecule has 292 valence electrons. The maximum atomic E-state index is 12.1. The molecule has 5 heterocycles. The summed E-state index contributed by atoms with van der Waals surface area (Å²) in [6, 6.07) is 39.5. The van der Waals surface area contributed by atoms with Crippen LogP contribution in [0, 0.1) is 43.9 Å². The SMILES string of the molecule is CN(C)c1ccc(C#Cc2c3ccc([nH]3)c(-c3ccccc3)c3nc(c(C#Cc4ccc([N+](=O)[O-])cc4[N+](=O)[O-])c4nc(c(-c5ccccc5)c5ccc2[nH]5)C=C4)C=C3)cc1. The standard InChI is InChI=1S/C50H33N7O4/c1-55(2)36-18-13-32(14-19-36)15-21-38-40-23-27-44(51-40)49(34-9-5-3-6-10-34)46-29-25-42(53-46)39(22-17-33-16-20-37(56(58)59)31-48(33)57(60)61)43-26-30-47(54-43)50(35-11-7-4-8-12-35)45-28-24-41(38)52-45/h3-14,16,18-20,23-31,51-52H,1-2H3. The van der Waals surface area contributed by atoms with Gasteiger partial charge in [0.2, 0.25) is 0 Å². The van der Waals surface area contributed by atoms with E-state index in [9.17, 15) is 20.2 Å². The van der Waals surface area contributed by atoms with Gasteiger partial charge in [0.25, 0.3) is 11.4 Å². The van der Waals surface area contributed by atoms with Crippen molar-refractivity contribution in [1.29, 1.82) is 0 Å². The van der Waals surface area contributed by atoms with E-state index in [0.29, 0.717) is 28.3 Å². The van der Waals surface area contributed by atoms with E-state index in [1.165, 1.54) is 12.1 Å². The Morgan fingerprint density at radius 1 is 0.525 bits per heavy atom. The number of nitrogens with zero attached hydrogens (tertiary/aromatic N) is 5. The Balaban J connectivity index is 1.37. The minimum Gasteiger partial charge on any atom is -0.378 e. The number of aromatic amines is 2. The number of nitrogens with one attached hydrogen (secondary N) is 2. The molecule has 0 saturated heterocycles. The first-order valence-corrected chi connectivity index (χ1v) is 19.2. The second-order valence-corrected chi connectivity index (χ2v) is 14.4. The van der Waals surface area contributed by atoms with Crippen LogP contribution in [-0.2, 0) is 0 Å². The second-order valence-electron chi connectivity index (χ2n) is 14.4. The normalized spacial score (nSPS) is 11.3. The van der Waals surface area contributed by atoms with Gasteiger partial charge in [-0.2, -0.15) is 0 Å². The molecule has 9 rings (SSSR count). The van der Waals surface area contributed by atoms with Gasteiger partial charge in [0.1, 0.15) is 5.56 Å². The molecule has 0 saturated carbocycles. The predicted octanol–water partition coefficient (Wildman–Crippen LogP) is 10.7. The van der Waals surface area contributed by atoms with Gasteiger partial charge in [-0.1, -0.05) is 84.3 Å². The third-order valence-corrected chi connectivity index (χ3v) is 10.3. The smallest absolute Gasteiger partial charge is 0.291 e. The molecular weight excluding hydrogens is 763 g/mol. The molecule has 0 spiro atoms. The van der Waals surface area contributed by atoms with Crippen molar-refractivity contribution >= 4 is 63.4 Å². The van der Waals surface area contributed by atoms with Crippen molar-refractivity contribution in [3.05, 3.63) is 193 Å². The summed E-state index contributed by atoms with van der Waals surface area (Å²) in [6.07, 6.45) is 7.53. The number of hydrogen-bond donors (Lipinski definition) is 2. The van der Waals surface area contributed by atoms with Gasteiger partial charge in [0.15, 0.2) is 0 Å². The van der Waals surface area contributed by atoms with Crippen molar-refractivity contribution in [3.8, 4) is 45.9 Å². The quantitative estimate of drug-likeness (QED) is 0.100. The fourth-order valence-corrected chi connectivity index (χ4v) is 7.28. The van der Waals surface area contributed by atoms with Crippen LogP contribution in [0.2, 0.25) is 0 Å². The summed E-state index contributed by atoms with van der Waals surface area (Å²) in [7, 11) is 4.01. The molecule has 2 aliphatic heterocycles. The molecule has 0 radical (unpaired) electrons. The number of anilines is 1. The van der Waals surface area contributed by atoms with Crippen LogP contribution in [-0.4, -0.2) is 43.9 Å². The van der Waals surface area contributed by atoms with Gasteiger partial charge in [-0.05, 0) is 90.0 Å². The Bertz CT molecular complexity index is 3150. The Morgan fingerprint density at radius 2 is 1.03 bits per heavy atom. The summed E-state index contributed by atoms with van der Waals surface area (Å²) in [4.78, 5) is 41.9. The lowest BCUT2D eigenvalue weighted by Crippen LogP contribution is -2.07. The van der Waals surface area contributed by atoms with E-state index in [1.54, 1.807) is 0 Å². The molecule has 0 fully saturated rings. The molecule has 11 nitrogen and oxygen atoms in total. The monoisotopic (exact) mass is 795 g/mol. The summed E-state index contributed by atoms with van der Waals surface area (Å²) in [5.41, 5.74) is 11.3. The molecule has 3 aromatic heterocycles. The van der Waals surface area contributed by atoms with E-state index in [1.807, 2.05) is 152 Å². The van der Waals surface area contributed by atoms with Crippen molar-refractivity contribution in [2.75, 3.05) is 19.0 Å².